The van der Waals surface area contributed by atoms with Crippen LogP contribution < -0.4 is 11.1 Å². The molecular weight excluding hydrogens is 297 g/mol. The Morgan fingerprint density at radius 2 is 2.05 bits per heavy atom. The maximum atomic E-state index is 12.1. The van der Waals surface area contributed by atoms with Crippen molar-refractivity contribution in [2.75, 3.05) is 24.1 Å². The lowest BCUT2D eigenvalue weighted by Crippen LogP contribution is -2.39. The van der Waals surface area contributed by atoms with Gasteiger partial charge in [0.2, 0.25) is 5.91 Å². The number of likely N-dealkylation sites (N-methyl/N-ethyl adjacent to an activating group) is 1. The Kier molecular flexibility index (Phi) is 6.59. The van der Waals surface area contributed by atoms with E-state index in [1.165, 1.54) is 0 Å². The summed E-state index contributed by atoms with van der Waals surface area (Å²) >= 11 is 11.9. The molecule has 0 aliphatic rings. The Morgan fingerprint density at radius 3 is 2.55 bits per heavy atom. The number of hydrogen-bond acceptors (Lipinski definition) is 3. The van der Waals surface area contributed by atoms with Gasteiger partial charge in [-0.2, -0.15) is 0 Å². The zero-order chi connectivity index (χ0) is 15.3. The summed E-state index contributed by atoms with van der Waals surface area (Å²) < 4.78 is 0. The minimum absolute atomic E-state index is 0.136. The Balaban J connectivity index is 2.76. The van der Waals surface area contributed by atoms with Gasteiger partial charge in [0.25, 0.3) is 0 Å². The minimum Gasteiger partial charge on any atom is -0.397 e. The largest absolute Gasteiger partial charge is 0.397 e. The topological polar surface area (TPSA) is 58.4 Å². The molecule has 0 fully saturated rings. The first kappa shape index (κ1) is 17.1. The molecule has 1 rings (SSSR count). The summed E-state index contributed by atoms with van der Waals surface area (Å²) in [5.41, 5.74) is 6.60. The summed E-state index contributed by atoms with van der Waals surface area (Å²) in [6.45, 7) is 7.35. The average Bonchev–Trinajstić information content (AvgIpc) is 2.39. The standard InChI is InChI=1S/C14H21Cl2N3O/c1-4-9(3)19(5-2)8-13(20)18-14-11(16)6-10(15)7-12(14)17/h6-7,9H,4-5,8,17H2,1-3H3,(H,18,20). The first-order valence-electron chi connectivity index (χ1n) is 6.67. The number of nitrogens with two attached hydrogens (primary N) is 1. The molecule has 4 nitrogen and oxygen atoms in total. The Hall–Kier alpha value is -0.970. The Bertz CT molecular complexity index is 456. The van der Waals surface area contributed by atoms with Crippen molar-refractivity contribution in [2.24, 2.45) is 0 Å². The summed E-state index contributed by atoms with van der Waals surface area (Å²) in [7, 11) is 0. The third-order valence-electron chi connectivity index (χ3n) is 3.32. The van der Waals surface area contributed by atoms with Crippen LogP contribution in [-0.4, -0.2) is 29.9 Å². The Morgan fingerprint density at radius 1 is 1.40 bits per heavy atom. The van der Waals surface area contributed by atoms with E-state index in [2.05, 4.69) is 24.1 Å². The van der Waals surface area contributed by atoms with Gasteiger partial charge in [0.05, 0.1) is 22.9 Å². The number of rotatable bonds is 6. The molecule has 0 saturated heterocycles. The van der Waals surface area contributed by atoms with Crippen molar-refractivity contribution in [3.8, 4) is 0 Å². The van der Waals surface area contributed by atoms with Gasteiger partial charge in [-0.05, 0) is 32.0 Å². The number of halogens is 2. The van der Waals surface area contributed by atoms with Crippen LogP contribution in [0.25, 0.3) is 0 Å². The van der Waals surface area contributed by atoms with E-state index >= 15 is 0 Å². The molecule has 3 N–H and O–H groups in total. The second kappa shape index (κ2) is 7.72. The number of nitrogens with one attached hydrogen (secondary N) is 1. The highest BCUT2D eigenvalue weighted by Gasteiger charge is 2.16. The van der Waals surface area contributed by atoms with E-state index in [4.69, 9.17) is 28.9 Å². The van der Waals surface area contributed by atoms with E-state index in [1.807, 2.05) is 6.92 Å². The van der Waals surface area contributed by atoms with Crippen molar-refractivity contribution in [3.63, 3.8) is 0 Å². The van der Waals surface area contributed by atoms with Crippen molar-refractivity contribution in [2.45, 2.75) is 33.2 Å². The molecule has 0 spiro atoms. The van der Waals surface area contributed by atoms with Gasteiger partial charge in [-0.3, -0.25) is 9.69 Å². The fraction of sp³-hybridized carbons (Fsp3) is 0.500. The normalized spacial score (nSPS) is 12.5. The molecule has 112 valence electrons. The van der Waals surface area contributed by atoms with Gasteiger partial charge < -0.3 is 11.1 Å². The summed E-state index contributed by atoms with van der Waals surface area (Å²) in [5.74, 6) is -0.136. The zero-order valence-corrected chi connectivity index (χ0v) is 13.6. The third kappa shape index (κ3) is 4.54. The highest BCUT2D eigenvalue weighted by Crippen LogP contribution is 2.31. The lowest BCUT2D eigenvalue weighted by atomic mass is 10.2. The molecule has 1 aromatic carbocycles. The molecule has 0 radical (unpaired) electrons. The van der Waals surface area contributed by atoms with Crippen LogP contribution in [0.1, 0.15) is 27.2 Å². The molecule has 0 saturated carbocycles. The van der Waals surface area contributed by atoms with E-state index in [1.54, 1.807) is 12.1 Å². The lowest BCUT2D eigenvalue weighted by Gasteiger charge is -2.26. The summed E-state index contributed by atoms with van der Waals surface area (Å²) in [5, 5.41) is 3.54. The quantitative estimate of drug-likeness (QED) is 0.787. The van der Waals surface area contributed by atoms with Crippen LogP contribution in [0.4, 0.5) is 11.4 Å². The smallest absolute Gasteiger partial charge is 0.238 e. The van der Waals surface area contributed by atoms with Gasteiger partial charge >= 0.3 is 0 Å². The number of carbonyl (C=O) groups is 1. The molecule has 1 aromatic rings. The van der Waals surface area contributed by atoms with Gasteiger partial charge in [0.1, 0.15) is 0 Å². The minimum atomic E-state index is -0.136. The molecule has 0 aromatic heterocycles. The molecule has 0 bridgehead atoms. The fourth-order valence-corrected chi connectivity index (χ4v) is 2.48. The van der Waals surface area contributed by atoms with Gasteiger partial charge in [-0.25, -0.2) is 0 Å². The van der Waals surface area contributed by atoms with Gasteiger partial charge in [0, 0.05) is 11.1 Å². The summed E-state index contributed by atoms with van der Waals surface area (Å²) in [4.78, 5) is 14.2. The first-order chi connectivity index (χ1) is 9.38. The van der Waals surface area contributed by atoms with Crippen LogP contribution >= 0.6 is 23.2 Å². The maximum absolute atomic E-state index is 12.1. The molecule has 1 amide bonds. The lowest BCUT2D eigenvalue weighted by molar-refractivity contribution is -0.117. The van der Waals surface area contributed by atoms with Crippen molar-refractivity contribution in [1.29, 1.82) is 0 Å². The molecule has 20 heavy (non-hydrogen) atoms. The predicted molar refractivity (Wildman–Crippen MR) is 86.5 cm³/mol. The van der Waals surface area contributed by atoms with E-state index in [0.29, 0.717) is 34.0 Å². The van der Waals surface area contributed by atoms with Gasteiger partial charge in [-0.1, -0.05) is 37.0 Å². The van der Waals surface area contributed by atoms with Crippen LogP contribution in [0.3, 0.4) is 0 Å². The third-order valence-corrected chi connectivity index (χ3v) is 3.83. The number of nitrogen functional groups attached to an aromatic ring is 1. The summed E-state index contributed by atoms with van der Waals surface area (Å²) in [6, 6.07) is 3.47. The van der Waals surface area contributed by atoms with Crippen LogP contribution in [0.5, 0.6) is 0 Å². The highest BCUT2D eigenvalue weighted by atomic mass is 35.5. The van der Waals surface area contributed by atoms with E-state index in [-0.39, 0.29) is 5.91 Å². The molecule has 0 heterocycles. The van der Waals surface area contributed by atoms with Crippen LogP contribution in [-0.2, 0) is 4.79 Å². The summed E-state index contributed by atoms with van der Waals surface area (Å²) in [6.07, 6.45) is 0.991. The van der Waals surface area contributed by atoms with E-state index < -0.39 is 0 Å². The van der Waals surface area contributed by atoms with Crippen LogP contribution in [0.2, 0.25) is 10.0 Å². The highest BCUT2D eigenvalue weighted by molar-refractivity contribution is 6.37. The second-order valence-electron chi connectivity index (χ2n) is 4.72. The fourth-order valence-electron chi connectivity index (χ4n) is 1.93. The van der Waals surface area contributed by atoms with Crippen LogP contribution in [0.15, 0.2) is 12.1 Å². The molecule has 0 aliphatic heterocycles. The molecular formula is C14H21Cl2N3O. The maximum Gasteiger partial charge on any atom is 0.238 e. The molecule has 1 atom stereocenters. The van der Waals surface area contributed by atoms with Crippen molar-refractivity contribution in [1.82, 2.24) is 4.90 Å². The van der Waals surface area contributed by atoms with Crippen molar-refractivity contribution < 1.29 is 4.79 Å². The number of anilines is 2. The van der Waals surface area contributed by atoms with Crippen molar-refractivity contribution in [3.05, 3.63) is 22.2 Å². The molecule has 0 aliphatic carbocycles. The van der Waals surface area contributed by atoms with Gasteiger partial charge in [0.15, 0.2) is 0 Å². The van der Waals surface area contributed by atoms with Gasteiger partial charge in [-0.15, -0.1) is 0 Å². The average molecular weight is 318 g/mol. The number of carbonyl (C=O) groups excluding carboxylic acids is 1. The number of hydrogen-bond donors (Lipinski definition) is 2. The van der Waals surface area contributed by atoms with E-state index in [9.17, 15) is 4.79 Å². The zero-order valence-electron chi connectivity index (χ0n) is 12.0. The molecule has 1 unspecified atom stereocenters. The number of nitrogens with zero attached hydrogens (tertiary/aromatic N) is 1. The first-order valence-corrected chi connectivity index (χ1v) is 7.43. The van der Waals surface area contributed by atoms with Crippen molar-refractivity contribution >= 4 is 40.5 Å². The van der Waals surface area contributed by atoms with Crippen LogP contribution in [0, 0.1) is 0 Å². The SMILES string of the molecule is CCC(C)N(CC)CC(=O)Nc1c(N)cc(Cl)cc1Cl. The molecule has 6 heteroatoms. The number of benzene rings is 1. The predicted octanol–water partition coefficient (Wildman–Crippen LogP) is 3.63. The Labute approximate surface area is 130 Å². The number of amides is 1. The monoisotopic (exact) mass is 317 g/mol. The second-order valence-corrected chi connectivity index (χ2v) is 5.56. The van der Waals surface area contributed by atoms with E-state index in [0.717, 1.165) is 13.0 Å².